The molecule has 50 heavy (non-hydrogen) atoms. The van der Waals surface area contributed by atoms with Crippen molar-refractivity contribution in [2.75, 3.05) is 0 Å². The average Bonchev–Trinajstić information content (AvgIpc) is 3.05. The number of hydrogen-bond acceptors (Lipinski definition) is 10. The van der Waals surface area contributed by atoms with Gasteiger partial charge in [-0.3, -0.25) is 4.79 Å². The Hall–Kier alpha value is -1.66. The molecule has 3 aliphatic rings. The van der Waals surface area contributed by atoms with E-state index in [4.69, 9.17) is 14.2 Å². The molecule has 0 saturated carbocycles. The highest BCUT2D eigenvalue weighted by Gasteiger charge is 2.52. The fourth-order valence-corrected chi connectivity index (χ4v) is 7.69. The van der Waals surface area contributed by atoms with E-state index >= 15 is 0 Å². The monoisotopic (exact) mass is 708 g/mol. The van der Waals surface area contributed by atoms with Crippen molar-refractivity contribution in [2.24, 2.45) is 35.5 Å². The highest BCUT2D eigenvalue weighted by molar-refractivity contribution is 5.83. The van der Waals surface area contributed by atoms with Crippen LogP contribution in [0.3, 0.4) is 0 Å². The molecule has 0 radical (unpaired) electrons. The van der Waals surface area contributed by atoms with Gasteiger partial charge in [-0.1, -0.05) is 66.7 Å². The van der Waals surface area contributed by atoms with Crippen LogP contribution in [0, 0.1) is 35.5 Å². The summed E-state index contributed by atoms with van der Waals surface area (Å²) in [5, 5.41) is 54.2. The second-order valence-corrected chi connectivity index (χ2v) is 16.5. The predicted octanol–water partition coefficient (Wildman–Crippen LogP) is 5.41. The Kier molecular flexibility index (Phi) is 16.2. The molecule has 14 atom stereocenters. The Morgan fingerprint density at radius 1 is 0.960 bits per heavy atom. The molecule has 2 saturated heterocycles. The number of carbonyl (C=O) groups is 2. The maximum atomic E-state index is 14.0. The molecular weight excluding hydrogens is 640 g/mol. The van der Waals surface area contributed by atoms with Crippen molar-refractivity contribution >= 4 is 11.8 Å². The van der Waals surface area contributed by atoms with Crippen molar-refractivity contribution in [3.8, 4) is 0 Å². The molecule has 5 N–H and O–H groups in total. The number of hydrogen-bond donors (Lipinski definition) is 5. The number of carbonyl (C=O) groups excluding carboxylic acids is 2. The number of rotatable bonds is 5. The van der Waals surface area contributed by atoms with Gasteiger partial charge in [0, 0.05) is 55.4 Å². The third-order valence-corrected chi connectivity index (χ3v) is 11.6. The summed E-state index contributed by atoms with van der Waals surface area (Å²) in [5.74, 6) is -2.97. The summed E-state index contributed by atoms with van der Waals surface area (Å²) >= 11 is 0. The number of aliphatic hydroxyl groups is 5. The lowest BCUT2D eigenvalue weighted by Gasteiger charge is -2.51. The molecule has 3 rings (SSSR count). The number of aliphatic hydroxyl groups excluding tert-OH is 4. The van der Waals surface area contributed by atoms with E-state index in [9.17, 15) is 35.1 Å². The molecule has 10 heteroatoms. The van der Waals surface area contributed by atoms with Gasteiger partial charge < -0.3 is 39.7 Å². The zero-order valence-electron chi connectivity index (χ0n) is 31.9. The first-order valence-electron chi connectivity index (χ1n) is 19.3. The number of ketones is 1. The maximum absolute atomic E-state index is 14.0. The van der Waals surface area contributed by atoms with Gasteiger partial charge in [-0.2, -0.15) is 0 Å². The van der Waals surface area contributed by atoms with Crippen molar-refractivity contribution < 1.29 is 49.3 Å². The molecule has 10 nitrogen and oxygen atoms in total. The second-order valence-electron chi connectivity index (χ2n) is 16.5. The summed E-state index contributed by atoms with van der Waals surface area (Å²) < 4.78 is 19.5. The number of allylic oxidation sites excluding steroid dienone is 2. The van der Waals surface area contributed by atoms with Crippen LogP contribution in [-0.2, 0) is 23.8 Å². The van der Waals surface area contributed by atoms with Crippen LogP contribution in [0.15, 0.2) is 24.3 Å². The molecule has 288 valence electrons. The standard InChI is InChI=1S/C40H68O10/c1-9-30(41)20-33-25(4)16-18-40(49-33)23-35-28(7)34(50-40)21-32(43)29(19-24(2)3)13-11-10-12-17-39(8,47)36(44)22-31(42)27(6)38(46)26(5)14-15-37(45)48-35/h11,13-15,24-31,33-36,38,41-42,44,46-47H,9-10,12,16-23H2,1-8H3/b13-11+,15-14+. The summed E-state index contributed by atoms with van der Waals surface area (Å²) in [6.45, 7) is 15.1. The molecule has 0 aromatic rings. The van der Waals surface area contributed by atoms with Crippen molar-refractivity contribution in [3.05, 3.63) is 24.3 Å². The van der Waals surface area contributed by atoms with Crippen LogP contribution in [0.25, 0.3) is 0 Å². The molecule has 0 aliphatic carbocycles. The van der Waals surface area contributed by atoms with Crippen molar-refractivity contribution in [1.29, 1.82) is 0 Å². The summed E-state index contributed by atoms with van der Waals surface area (Å²) in [4.78, 5) is 27.3. The van der Waals surface area contributed by atoms with E-state index in [-0.39, 0.29) is 54.8 Å². The van der Waals surface area contributed by atoms with E-state index < -0.39 is 65.8 Å². The van der Waals surface area contributed by atoms with Gasteiger partial charge in [0.1, 0.15) is 11.9 Å². The summed E-state index contributed by atoms with van der Waals surface area (Å²) in [6.07, 6.45) is 6.39. The van der Waals surface area contributed by atoms with Crippen LogP contribution in [0.4, 0.5) is 0 Å². The maximum Gasteiger partial charge on any atom is 0.330 e. The van der Waals surface area contributed by atoms with E-state index in [0.29, 0.717) is 44.9 Å². The molecule has 0 amide bonds. The molecule has 2 bridgehead atoms. The average molecular weight is 709 g/mol. The Morgan fingerprint density at radius 3 is 2.32 bits per heavy atom. The van der Waals surface area contributed by atoms with Crippen LogP contribution in [0.5, 0.6) is 0 Å². The SMILES string of the molecule is CCC(O)CC1OC2(CCC1C)CC1OC(=O)/C=C/C(C)C(O)C(C)C(O)CC(O)C(C)(O)CCC/C=C/C(CC(C)C)C(=O)CC(O2)C1C. The number of esters is 1. The van der Waals surface area contributed by atoms with Crippen LogP contribution < -0.4 is 0 Å². The molecule has 3 aliphatic heterocycles. The van der Waals surface area contributed by atoms with Crippen molar-refractivity contribution in [2.45, 2.75) is 180 Å². The molecular formula is C40H68O10. The second kappa shape index (κ2) is 18.9. The minimum Gasteiger partial charge on any atom is -0.459 e. The Labute approximate surface area is 300 Å². The smallest absolute Gasteiger partial charge is 0.330 e. The Morgan fingerprint density at radius 2 is 1.66 bits per heavy atom. The van der Waals surface area contributed by atoms with Gasteiger partial charge in [0.05, 0.1) is 42.2 Å². The number of fused-ring (bicyclic) bond motifs is 2. The van der Waals surface area contributed by atoms with Crippen LogP contribution in [0.1, 0.15) is 126 Å². The molecule has 0 aromatic carbocycles. The molecule has 1 spiro atoms. The van der Waals surface area contributed by atoms with E-state index in [1.807, 2.05) is 26.0 Å². The normalized spacial score (nSPS) is 43.8. The van der Waals surface area contributed by atoms with Gasteiger partial charge in [-0.15, -0.1) is 0 Å². The third-order valence-electron chi connectivity index (χ3n) is 11.6. The molecule has 14 unspecified atom stereocenters. The first kappa shape index (κ1) is 42.8. The topological polar surface area (TPSA) is 163 Å². The van der Waals surface area contributed by atoms with E-state index in [1.165, 1.54) is 6.08 Å². The van der Waals surface area contributed by atoms with Crippen LogP contribution in [0.2, 0.25) is 0 Å². The van der Waals surface area contributed by atoms with Gasteiger partial charge >= 0.3 is 5.97 Å². The molecule has 2 fully saturated rings. The van der Waals surface area contributed by atoms with Gasteiger partial charge in [0.2, 0.25) is 0 Å². The van der Waals surface area contributed by atoms with Gasteiger partial charge in [-0.25, -0.2) is 4.79 Å². The number of Topliss-reactive ketones (excluding diaryl/α,β-unsaturated/α-hetero) is 1. The summed E-state index contributed by atoms with van der Waals surface area (Å²) in [6, 6.07) is 0. The van der Waals surface area contributed by atoms with Crippen molar-refractivity contribution in [1.82, 2.24) is 0 Å². The Bertz CT molecular complexity index is 1140. The minimum absolute atomic E-state index is 0.0337. The lowest BCUT2D eigenvalue weighted by atomic mass is 9.79. The fourth-order valence-electron chi connectivity index (χ4n) is 7.69. The molecule has 0 aromatic heterocycles. The fraction of sp³-hybridized carbons (Fsp3) is 0.850. The van der Waals surface area contributed by atoms with E-state index in [1.54, 1.807) is 26.8 Å². The lowest BCUT2D eigenvalue weighted by Crippen LogP contribution is -2.57. The zero-order chi connectivity index (χ0) is 37.4. The van der Waals surface area contributed by atoms with Crippen LogP contribution in [-0.4, -0.2) is 91.4 Å². The quantitative estimate of drug-likeness (QED) is 0.184. The first-order chi connectivity index (χ1) is 23.4. The third kappa shape index (κ3) is 11.9. The predicted molar refractivity (Wildman–Crippen MR) is 192 cm³/mol. The summed E-state index contributed by atoms with van der Waals surface area (Å²) in [7, 11) is 0. The summed E-state index contributed by atoms with van der Waals surface area (Å²) in [5.41, 5.74) is -1.45. The largest absolute Gasteiger partial charge is 0.459 e. The van der Waals surface area contributed by atoms with E-state index in [2.05, 4.69) is 20.8 Å². The highest BCUT2D eigenvalue weighted by atomic mass is 16.7. The highest BCUT2D eigenvalue weighted by Crippen LogP contribution is 2.45. The van der Waals surface area contributed by atoms with Gasteiger partial charge in [0.15, 0.2) is 5.79 Å². The van der Waals surface area contributed by atoms with Crippen molar-refractivity contribution in [3.63, 3.8) is 0 Å². The van der Waals surface area contributed by atoms with E-state index in [0.717, 1.165) is 6.42 Å². The zero-order valence-corrected chi connectivity index (χ0v) is 31.9. The Balaban J connectivity index is 1.96. The van der Waals surface area contributed by atoms with Crippen LogP contribution >= 0.6 is 0 Å². The minimum atomic E-state index is -1.45. The number of ether oxygens (including phenoxy) is 3. The lowest BCUT2D eigenvalue weighted by molar-refractivity contribution is -0.346. The first-order valence-corrected chi connectivity index (χ1v) is 19.3. The molecule has 3 heterocycles. The van der Waals surface area contributed by atoms with Gasteiger partial charge in [-0.05, 0) is 63.7 Å². The van der Waals surface area contributed by atoms with Gasteiger partial charge in [0.25, 0.3) is 0 Å².